The van der Waals surface area contributed by atoms with E-state index in [0.717, 1.165) is 29.9 Å². The highest BCUT2D eigenvalue weighted by molar-refractivity contribution is 7.10. The van der Waals surface area contributed by atoms with E-state index in [1.807, 2.05) is 23.9 Å². The average Bonchev–Trinajstić information content (AvgIpc) is 3.24. The average molecular weight is 313 g/mol. The third-order valence-corrected chi connectivity index (χ3v) is 4.95. The van der Waals surface area contributed by atoms with E-state index in [9.17, 15) is 4.79 Å². The molecule has 1 aliphatic carbocycles. The summed E-state index contributed by atoms with van der Waals surface area (Å²) in [4.78, 5) is 13.8. The number of nitrogens with zero attached hydrogens (tertiary/aromatic N) is 2. The standard InChI is InChI=1S/C16H15N3O2S/c1-19-15-11-6-8-22-13(11)5-4-12(15)14(18-19)16(20)17-9-10-3-2-7-21-10/h2-3,6-8H,4-5,9H2,1H3,(H,17,20). The maximum atomic E-state index is 12.4. The summed E-state index contributed by atoms with van der Waals surface area (Å²) < 4.78 is 7.06. The molecule has 0 aliphatic heterocycles. The van der Waals surface area contributed by atoms with Crippen molar-refractivity contribution in [3.8, 4) is 11.3 Å². The van der Waals surface area contributed by atoms with Crippen LogP contribution in [0.15, 0.2) is 34.3 Å². The number of hydrogen-bond donors (Lipinski definition) is 1. The number of carbonyl (C=O) groups excluding carboxylic acids is 1. The summed E-state index contributed by atoms with van der Waals surface area (Å²) in [5.74, 6) is 0.588. The van der Waals surface area contributed by atoms with Gasteiger partial charge < -0.3 is 9.73 Å². The molecule has 0 unspecified atom stereocenters. The number of amides is 1. The van der Waals surface area contributed by atoms with Crippen LogP contribution in [0.4, 0.5) is 0 Å². The van der Waals surface area contributed by atoms with Gasteiger partial charge in [-0.2, -0.15) is 5.10 Å². The van der Waals surface area contributed by atoms with Gasteiger partial charge in [-0.05, 0) is 36.4 Å². The van der Waals surface area contributed by atoms with E-state index in [1.54, 1.807) is 17.6 Å². The van der Waals surface area contributed by atoms with Crippen LogP contribution in [0.1, 0.15) is 26.7 Å². The van der Waals surface area contributed by atoms with E-state index in [4.69, 9.17) is 4.42 Å². The number of nitrogens with one attached hydrogen (secondary N) is 1. The van der Waals surface area contributed by atoms with Crippen LogP contribution >= 0.6 is 11.3 Å². The predicted octanol–water partition coefficient (Wildman–Crippen LogP) is 2.77. The minimum absolute atomic E-state index is 0.146. The Bertz CT molecular complexity index is 830. The van der Waals surface area contributed by atoms with Crippen LogP contribution < -0.4 is 5.32 Å². The van der Waals surface area contributed by atoms with E-state index >= 15 is 0 Å². The summed E-state index contributed by atoms with van der Waals surface area (Å²) >= 11 is 1.77. The Kier molecular flexibility index (Phi) is 3.11. The molecule has 0 atom stereocenters. The van der Waals surface area contributed by atoms with Gasteiger partial charge in [-0.15, -0.1) is 11.3 Å². The fourth-order valence-electron chi connectivity index (χ4n) is 2.97. The first-order chi connectivity index (χ1) is 10.7. The Hall–Kier alpha value is -2.34. The Labute approximate surface area is 131 Å². The molecule has 112 valence electrons. The highest BCUT2D eigenvalue weighted by Crippen LogP contribution is 2.37. The van der Waals surface area contributed by atoms with Crippen molar-refractivity contribution in [2.45, 2.75) is 19.4 Å². The first kappa shape index (κ1) is 13.3. The third kappa shape index (κ3) is 2.07. The lowest BCUT2D eigenvalue weighted by Crippen LogP contribution is -2.24. The molecule has 0 spiro atoms. The second-order valence-electron chi connectivity index (χ2n) is 5.32. The van der Waals surface area contributed by atoms with Gasteiger partial charge >= 0.3 is 0 Å². The molecular weight excluding hydrogens is 298 g/mol. The normalized spacial score (nSPS) is 12.8. The van der Waals surface area contributed by atoms with Crippen molar-refractivity contribution in [1.82, 2.24) is 15.1 Å². The SMILES string of the molecule is Cn1nc(C(=O)NCc2ccco2)c2c1-c1ccsc1CC2. The van der Waals surface area contributed by atoms with Crippen molar-refractivity contribution in [2.75, 3.05) is 0 Å². The molecule has 4 rings (SSSR count). The number of carbonyl (C=O) groups is 1. The largest absolute Gasteiger partial charge is 0.467 e. The van der Waals surface area contributed by atoms with E-state index < -0.39 is 0 Å². The summed E-state index contributed by atoms with van der Waals surface area (Å²) in [7, 11) is 1.90. The van der Waals surface area contributed by atoms with Gasteiger partial charge in [0.2, 0.25) is 0 Å². The summed E-state index contributed by atoms with van der Waals surface area (Å²) in [6.45, 7) is 0.376. The molecular formula is C16H15N3O2S. The van der Waals surface area contributed by atoms with Crippen LogP contribution in [0.3, 0.4) is 0 Å². The summed E-state index contributed by atoms with van der Waals surface area (Å²) in [5, 5.41) is 9.43. The minimum Gasteiger partial charge on any atom is -0.467 e. The third-order valence-electron chi connectivity index (χ3n) is 3.97. The van der Waals surface area contributed by atoms with Crippen molar-refractivity contribution in [3.63, 3.8) is 0 Å². The minimum atomic E-state index is -0.146. The van der Waals surface area contributed by atoms with Crippen molar-refractivity contribution in [1.29, 1.82) is 0 Å². The first-order valence-electron chi connectivity index (χ1n) is 7.17. The van der Waals surface area contributed by atoms with Gasteiger partial charge in [-0.1, -0.05) is 0 Å². The fraction of sp³-hybridized carbons (Fsp3) is 0.250. The molecule has 3 aromatic rings. The van der Waals surface area contributed by atoms with Crippen molar-refractivity contribution in [3.05, 3.63) is 51.7 Å². The molecule has 0 radical (unpaired) electrons. The van der Waals surface area contributed by atoms with Gasteiger partial charge in [0.1, 0.15) is 5.76 Å². The van der Waals surface area contributed by atoms with E-state index in [2.05, 4.69) is 21.9 Å². The Morgan fingerprint density at radius 3 is 3.18 bits per heavy atom. The zero-order valence-corrected chi connectivity index (χ0v) is 12.9. The fourth-order valence-corrected chi connectivity index (χ4v) is 3.85. The summed E-state index contributed by atoms with van der Waals surface area (Å²) in [6, 6.07) is 5.76. The highest BCUT2D eigenvalue weighted by atomic mass is 32.1. The molecule has 0 bridgehead atoms. The zero-order valence-electron chi connectivity index (χ0n) is 12.1. The predicted molar refractivity (Wildman–Crippen MR) is 83.8 cm³/mol. The van der Waals surface area contributed by atoms with E-state index in [1.165, 1.54) is 10.4 Å². The van der Waals surface area contributed by atoms with Gasteiger partial charge in [-0.25, -0.2) is 0 Å². The van der Waals surface area contributed by atoms with Crippen molar-refractivity contribution in [2.24, 2.45) is 7.05 Å². The number of aromatic nitrogens is 2. The number of hydrogen-bond acceptors (Lipinski definition) is 4. The van der Waals surface area contributed by atoms with Gasteiger partial charge in [0.15, 0.2) is 5.69 Å². The Morgan fingerprint density at radius 2 is 2.36 bits per heavy atom. The van der Waals surface area contributed by atoms with Gasteiger partial charge in [0.05, 0.1) is 18.5 Å². The second-order valence-corrected chi connectivity index (χ2v) is 6.32. The van der Waals surface area contributed by atoms with Crippen LogP contribution in [0.25, 0.3) is 11.3 Å². The van der Waals surface area contributed by atoms with Crippen molar-refractivity contribution < 1.29 is 9.21 Å². The van der Waals surface area contributed by atoms with Crippen LogP contribution in [0, 0.1) is 0 Å². The van der Waals surface area contributed by atoms with E-state index in [-0.39, 0.29) is 5.91 Å². The van der Waals surface area contributed by atoms with Crippen LogP contribution in [0.2, 0.25) is 0 Å². The lowest BCUT2D eigenvalue weighted by Gasteiger charge is -2.13. The van der Waals surface area contributed by atoms with Gasteiger partial charge in [0.25, 0.3) is 5.91 Å². The molecule has 1 amide bonds. The molecule has 0 saturated carbocycles. The molecule has 0 saturated heterocycles. The lowest BCUT2D eigenvalue weighted by atomic mass is 9.94. The molecule has 0 aromatic carbocycles. The molecule has 3 aromatic heterocycles. The zero-order chi connectivity index (χ0) is 15.1. The first-order valence-corrected chi connectivity index (χ1v) is 8.05. The summed E-state index contributed by atoms with van der Waals surface area (Å²) in [5.41, 5.74) is 3.86. The maximum absolute atomic E-state index is 12.4. The number of thiophene rings is 1. The van der Waals surface area contributed by atoms with Crippen molar-refractivity contribution >= 4 is 17.2 Å². The number of furan rings is 1. The monoisotopic (exact) mass is 313 g/mol. The molecule has 5 nitrogen and oxygen atoms in total. The molecule has 6 heteroatoms. The Balaban J connectivity index is 1.64. The highest BCUT2D eigenvalue weighted by Gasteiger charge is 2.27. The molecule has 22 heavy (non-hydrogen) atoms. The van der Waals surface area contributed by atoms with Crippen LogP contribution in [0.5, 0.6) is 0 Å². The van der Waals surface area contributed by atoms with Gasteiger partial charge in [0, 0.05) is 23.1 Å². The summed E-state index contributed by atoms with van der Waals surface area (Å²) in [6.07, 6.45) is 3.44. The lowest BCUT2D eigenvalue weighted by molar-refractivity contribution is 0.0941. The number of aryl methyl sites for hydroxylation is 2. The smallest absolute Gasteiger partial charge is 0.272 e. The quantitative estimate of drug-likeness (QED) is 0.809. The van der Waals surface area contributed by atoms with E-state index in [0.29, 0.717) is 12.2 Å². The van der Waals surface area contributed by atoms with Crippen LogP contribution in [-0.2, 0) is 26.4 Å². The van der Waals surface area contributed by atoms with Crippen LogP contribution in [-0.4, -0.2) is 15.7 Å². The molecule has 1 aliphatic rings. The topological polar surface area (TPSA) is 60.1 Å². The number of fused-ring (bicyclic) bond motifs is 3. The molecule has 3 heterocycles. The molecule has 1 N–H and O–H groups in total. The van der Waals surface area contributed by atoms with Gasteiger partial charge in [-0.3, -0.25) is 9.48 Å². The Morgan fingerprint density at radius 1 is 1.45 bits per heavy atom. The number of rotatable bonds is 3. The molecule has 0 fully saturated rings. The maximum Gasteiger partial charge on any atom is 0.272 e. The second kappa shape index (κ2) is 5.14.